The molecule has 1 amide bonds. The van der Waals surface area contributed by atoms with Crippen molar-refractivity contribution in [2.75, 3.05) is 23.7 Å². The van der Waals surface area contributed by atoms with Gasteiger partial charge in [0, 0.05) is 31.4 Å². The number of nitrogens with zero attached hydrogens (tertiary/aromatic N) is 1. The third-order valence-electron chi connectivity index (χ3n) is 8.49. The van der Waals surface area contributed by atoms with Crippen molar-refractivity contribution in [1.29, 1.82) is 0 Å². The number of amides is 1. The van der Waals surface area contributed by atoms with E-state index in [0.29, 0.717) is 6.42 Å². The molecule has 4 fully saturated rings. The normalized spacial score (nSPS) is 26.7. The predicted octanol–water partition coefficient (Wildman–Crippen LogP) is 5.98. The lowest BCUT2D eigenvalue weighted by Gasteiger charge is -2.56. The van der Waals surface area contributed by atoms with Crippen LogP contribution in [0.25, 0.3) is 10.9 Å². The van der Waals surface area contributed by atoms with Crippen LogP contribution in [0.15, 0.2) is 60.7 Å². The molecule has 4 bridgehead atoms. The lowest BCUT2D eigenvalue weighted by Crippen LogP contribution is -2.47. The lowest BCUT2D eigenvalue weighted by atomic mass is 9.49. The molecule has 7 rings (SSSR count). The van der Waals surface area contributed by atoms with E-state index >= 15 is 0 Å². The van der Waals surface area contributed by atoms with Crippen LogP contribution in [0.2, 0.25) is 0 Å². The summed E-state index contributed by atoms with van der Waals surface area (Å²) in [5, 5.41) is 11.1. The van der Waals surface area contributed by atoms with E-state index < -0.39 is 0 Å². The number of anilines is 2. The number of carbonyl (C=O) groups is 1. The van der Waals surface area contributed by atoms with Crippen molar-refractivity contribution in [1.82, 2.24) is 10.3 Å². The van der Waals surface area contributed by atoms with E-state index in [1.54, 1.807) is 0 Å². The van der Waals surface area contributed by atoms with Gasteiger partial charge in [0.2, 0.25) is 5.91 Å². The molecule has 5 nitrogen and oxygen atoms in total. The second-order valence-corrected chi connectivity index (χ2v) is 11.3. The lowest BCUT2D eigenvalue weighted by molar-refractivity contribution is -0.124. The Morgan fingerprint density at radius 2 is 1.60 bits per heavy atom. The number of rotatable bonds is 9. The average Bonchev–Trinajstić information content (AvgIpc) is 2.83. The minimum absolute atomic E-state index is 0.172. The molecule has 1 aromatic heterocycles. The van der Waals surface area contributed by atoms with Crippen molar-refractivity contribution in [3.8, 4) is 0 Å². The Balaban J connectivity index is 1.05. The largest absolute Gasteiger partial charge is 0.369 e. The van der Waals surface area contributed by atoms with Crippen molar-refractivity contribution in [3.05, 3.63) is 66.2 Å². The van der Waals surface area contributed by atoms with Gasteiger partial charge in [-0.15, -0.1) is 0 Å². The molecule has 3 aromatic rings. The maximum absolute atomic E-state index is 13.2. The average molecular weight is 469 g/mol. The van der Waals surface area contributed by atoms with Crippen molar-refractivity contribution in [2.24, 2.45) is 23.2 Å². The molecule has 5 heteroatoms. The minimum Gasteiger partial charge on any atom is -0.369 e. The first-order valence-electron chi connectivity index (χ1n) is 13.3. The summed E-state index contributed by atoms with van der Waals surface area (Å²) in [7, 11) is 0. The van der Waals surface area contributed by atoms with Gasteiger partial charge in [0.05, 0.1) is 11.2 Å². The van der Waals surface area contributed by atoms with Crippen LogP contribution in [0.1, 0.15) is 50.5 Å². The summed E-state index contributed by atoms with van der Waals surface area (Å²) in [5.74, 6) is 3.64. The molecule has 182 valence electrons. The number of carbonyl (C=O) groups excluding carboxylic acids is 1. The molecular formula is C30H36N4O. The monoisotopic (exact) mass is 468 g/mol. The third kappa shape index (κ3) is 5.06. The Labute approximate surface area is 208 Å². The molecule has 4 saturated carbocycles. The van der Waals surface area contributed by atoms with Crippen LogP contribution in [0.3, 0.4) is 0 Å². The highest BCUT2D eigenvalue weighted by atomic mass is 16.1. The maximum Gasteiger partial charge on any atom is 0.224 e. The van der Waals surface area contributed by atoms with Crippen LogP contribution in [0.5, 0.6) is 0 Å². The molecule has 0 saturated heterocycles. The van der Waals surface area contributed by atoms with Gasteiger partial charge in [0.25, 0.3) is 0 Å². The van der Waals surface area contributed by atoms with Crippen molar-refractivity contribution in [3.63, 3.8) is 0 Å². The number of aromatic nitrogens is 1. The van der Waals surface area contributed by atoms with E-state index in [0.717, 1.165) is 59.8 Å². The van der Waals surface area contributed by atoms with Gasteiger partial charge in [0.15, 0.2) is 0 Å². The molecule has 0 spiro atoms. The van der Waals surface area contributed by atoms with Crippen molar-refractivity contribution >= 4 is 28.3 Å². The Bertz CT molecular complexity index is 1160. The fourth-order valence-electron chi connectivity index (χ4n) is 7.51. The summed E-state index contributed by atoms with van der Waals surface area (Å²) in [6.07, 6.45) is 8.70. The van der Waals surface area contributed by atoms with Crippen LogP contribution < -0.4 is 16.0 Å². The highest BCUT2D eigenvalue weighted by molar-refractivity contribution is 6.01. The highest BCUT2D eigenvalue weighted by Gasteiger charge is 2.51. The highest BCUT2D eigenvalue weighted by Crippen LogP contribution is 2.61. The number of fused-ring (bicyclic) bond motifs is 1. The van der Waals surface area contributed by atoms with Gasteiger partial charge < -0.3 is 16.0 Å². The van der Waals surface area contributed by atoms with E-state index in [-0.39, 0.29) is 11.3 Å². The zero-order valence-corrected chi connectivity index (χ0v) is 20.4. The Morgan fingerprint density at radius 1 is 0.857 bits per heavy atom. The number of pyridine rings is 1. The predicted molar refractivity (Wildman–Crippen MR) is 142 cm³/mol. The zero-order valence-electron chi connectivity index (χ0n) is 20.4. The molecule has 1 heterocycles. The number of nitrogens with one attached hydrogen (secondary N) is 3. The van der Waals surface area contributed by atoms with Crippen LogP contribution >= 0.6 is 0 Å². The van der Waals surface area contributed by atoms with Gasteiger partial charge in [-0.25, -0.2) is 4.98 Å². The summed E-state index contributed by atoms with van der Waals surface area (Å²) in [4.78, 5) is 18.0. The molecule has 0 radical (unpaired) electrons. The number of hydrogen-bond acceptors (Lipinski definition) is 4. The fraction of sp³-hybridized carbons (Fsp3) is 0.467. The van der Waals surface area contributed by atoms with Gasteiger partial charge in [-0.05, 0) is 91.5 Å². The van der Waals surface area contributed by atoms with Crippen LogP contribution in [-0.2, 0) is 11.3 Å². The third-order valence-corrected chi connectivity index (χ3v) is 8.49. The first-order valence-corrected chi connectivity index (χ1v) is 13.3. The summed E-state index contributed by atoms with van der Waals surface area (Å²) in [5.41, 5.74) is 3.32. The minimum atomic E-state index is 0.172. The van der Waals surface area contributed by atoms with Crippen LogP contribution in [-0.4, -0.2) is 24.0 Å². The summed E-state index contributed by atoms with van der Waals surface area (Å²) in [6.45, 7) is 2.52. The fourth-order valence-corrected chi connectivity index (χ4v) is 7.51. The summed E-state index contributed by atoms with van der Waals surface area (Å²) in [6, 6.07) is 20.5. The van der Waals surface area contributed by atoms with Crippen LogP contribution in [0, 0.1) is 23.2 Å². The number of hydrogen-bond donors (Lipinski definition) is 3. The number of benzene rings is 2. The molecule has 35 heavy (non-hydrogen) atoms. The summed E-state index contributed by atoms with van der Waals surface area (Å²) >= 11 is 0. The second kappa shape index (κ2) is 9.62. The van der Waals surface area contributed by atoms with E-state index in [1.807, 2.05) is 30.3 Å². The van der Waals surface area contributed by atoms with Crippen LogP contribution in [0.4, 0.5) is 11.5 Å². The Morgan fingerprint density at radius 3 is 2.34 bits per heavy atom. The molecule has 0 unspecified atom stereocenters. The molecular weight excluding hydrogens is 432 g/mol. The molecule has 3 N–H and O–H groups in total. The SMILES string of the molecule is O=C(CC12CC3CC(CC(C3)C1)C2)Nc1cccc2nc(NCCNCc3ccccc3)ccc12. The standard InChI is InChI=1S/C30H36N4O/c35-29(19-30-16-22-13-23(17-30)15-24(14-22)18-30)34-27-8-4-7-26-25(27)9-10-28(33-26)32-12-11-31-20-21-5-2-1-3-6-21/h1-10,22-24,31H,11-20H2,(H,32,33)(H,34,35). The van der Waals surface area contributed by atoms with E-state index in [9.17, 15) is 4.79 Å². The van der Waals surface area contributed by atoms with Gasteiger partial charge in [-0.3, -0.25) is 4.79 Å². The van der Waals surface area contributed by atoms with Crippen molar-refractivity contribution in [2.45, 2.75) is 51.5 Å². The van der Waals surface area contributed by atoms with Gasteiger partial charge in [-0.2, -0.15) is 0 Å². The molecule has 2 aromatic carbocycles. The smallest absolute Gasteiger partial charge is 0.224 e. The quantitative estimate of drug-likeness (QED) is 0.338. The Hall–Kier alpha value is -2.92. The molecule has 0 atom stereocenters. The molecule has 4 aliphatic carbocycles. The topological polar surface area (TPSA) is 66.0 Å². The Kier molecular flexibility index (Phi) is 6.19. The molecule has 4 aliphatic rings. The van der Waals surface area contributed by atoms with Gasteiger partial charge >= 0.3 is 0 Å². The first kappa shape index (κ1) is 22.5. The molecule has 0 aliphatic heterocycles. The van der Waals surface area contributed by atoms with E-state index in [2.05, 4.69) is 46.3 Å². The maximum atomic E-state index is 13.2. The van der Waals surface area contributed by atoms with Crippen molar-refractivity contribution < 1.29 is 4.79 Å². The van der Waals surface area contributed by atoms with E-state index in [4.69, 9.17) is 4.98 Å². The first-order chi connectivity index (χ1) is 17.1. The zero-order chi connectivity index (χ0) is 23.7. The second-order valence-electron chi connectivity index (χ2n) is 11.3. The van der Waals surface area contributed by atoms with Gasteiger partial charge in [-0.1, -0.05) is 36.4 Å². The van der Waals surface area contributed by atoms with Gasteiger partial charge in [0.1, 0.15) is 5.82 Å². The summed E-state index contributed by atoms with van der Waals surface area (Å²) < 4.78 is 0. The van der Waals surface area contributed by atoms with E-state index in [1.165, 1.54) is 44.1 Å².